The molecule has 1 nitrogen and oxygen atoms in total. The number of alkyl halides is 1. The van der Waals surface area contributed by atoms with Crippen LogP contribution in [-0.2, 0) is 4.74 Å². The fraction of sp³-hybridized carbons (Fsp3) is 1.00. The Hall–Kier alpha value is 0.250. The first-order valence-electron chi connectivity index (χ1n) is 4.87. The summed E-state index contributed by atoms with van der Waals surface area (Å²) in [6, 6.07) is 0. The molecule has 12 heavy (non-hydrogen) atoms. The summed E-state index contributed by atoms with van der Waals surface area (Å²) < 4.78 is 5.07. The number of ether oxygens (including phenoxy) is 1. The maximum Gasteiger partial charge on any atom is 0.0465 e. The molecule has 0 radical (unpaired) electrons. The molecular formula is C10H19ClO. The van der Waals surface area contributed by atoms with Crippen molar-refractivity contribution < 1.29 is 4.74 Å². The predicted molar refractivity (Wildman–Crippen MR) is 52.6 cm³/mol. The Kier molecular flexibility index (Phi) is 4.38. The van der Waals surface area contributed by atoms with Gasteiger partial charge in [-0.05, 0) is 37.5 Å². The standard InChI is InChI=1S/C10H19ClO/c1-8-3-4-10(11)9(7-8)5-6-12-2/h8-10H,3-7H2,1-2H3. The van der Waals surface area contributed by atoms with Gasteiger partial charge in [0.2, 0.25) is 0 Å². The highest BCUT2D eigenvalue weighted by Crippen LogP contribution is 2.34. The Balaban J connectivity index is 2.28. The molecule has 0 bridgehead atoms. The Morgan fingerprint density at radius 3 is 2.83 bits per heavy atom. The number of hydrogen-bond acceptors (Lipinski definition) is 1. The Bertz CT molecular complexity index is 127. The Morgan fingerprint density at radius 1 is 1.42 bits per heavy atom. The third-order valence-electron chi connectivity index (χ3n) is 2.84. The minimum absolute atomic E-state index is 0.399. The average molecular weight is 191 g/mol. The summed E-state index contributed by atoms with van der Waals surface area (Å²) in [5.41, 5.74) is 0. The molecule has 0 N–H and O–H groups in total. The largest absolute Gasteiger partial charge is 0.385 e. The molecule has 1 rings (SSSR count). The number of halogens is 1. The van der Waals surface area contributed by atoms with Crippen LogP contribution in [0.25, 0.3) is 0 Å². The zero-order valence-electron chi connectivity index (χ0n) is 8.05. The van der Waals surface area contributed by atoms with Gasteiger partial charge in [-0.3, -0.25) is 0 Å². The predicted octanol–water partition coefficient (Wildman–Crippen LogP) is 3.07. The van der Waals surface area contributed by atoms with E-state index >= 15 is 0 Å². The summed E-state index contributed by atoms with van der Waals surface area (Å²) in [4.78, 5) is 0. The van der Waals surface area contributed by atoms with Gasteiger partial charge in [-0.25, -0.2) is 0 Å². The lowest BCUT2D eigenvalue weighted by molar-refractivity contribution is 0.158. The van der Waals surface area contributed by atoms with Crippen molar-refractivity contribution in [2.75, 3.05) is 13.7 Å². The molecule has 2 heteroatoms. The molecule has 1 fully saturated rings. The van der Waals surface area contributed by atoms with Crippen molar-refractivity contribution in [1.82, 2.24) is 0 Å². The van der Waals surface area contributed by atoms with Gasteiger partial charge in [-0.1, -0.05) is 6.92 Å². The molecule has 0 amide bonds. The van der Waals surface area contributed by atoms with Crippen molar-refractivity contribution >= 4 is 11.6 Å². The summed E-state index contributed by atoms with van der Waals surface area (Å²) in [7, 11) is 1.76. The molecule has 0 spiro atoms. The van der Waals surface area contributed by atoms with Gasteiger partial charge in [0.25, 0.3) is 0 Å². The van der Waals surface area contributed by atoms with E-state index in [0.717, 1.165) is 18.9 Å². The van der Waals surface area contributed by atoms with Crippen LogP contribution in [0.1, 0.15) is 32.6 Å². The number of hydrogen-bond donors (Lipinski definition) is 0. The van der Waals surface area contributed by atoms with Crippen molar-refractivity contribution in [2.24, 2.45) is 11.8 Å². The zero-order valence-corrected chi connectivity index (χ0v) is 8.81. The van der Waals surface area contributed by atoms with E-state index in [0.29, 0.717) is 11.3 Å². The second kappa shape index (κ2) is 5.08. The van der Waals surface area contributed by atoms with E-state index in [1.54, 1.807) is 7.11 Å². The molecule has 1 aliphatic rings. The highest BCUT2D eigenvalue weighted by atomic mass is 35.5. The normalized spacial score (nSPS) is 36.8. The van der Waals surface area contributed by atoms with E-state index in [1.807, 2.05) is 0 Å². The first-order valence-corrected chi connectivity index (χ1v) is 5.30. The molecular weight excluding hydrogens is 172 g/mol. The number of rotatable bonds is 3. The molecule has 72 valence electrons. The van der Waals surface area contributed by atoms with E-state index in [-0.39, 0.29) is 0 Å². The fourth-order valence-electron chi connectivity index (χ4n) is 2.03. The molecule has 0 aliphatic heterocycles. The molecule has 0 saturated heterocycles. The van der Waals surface area contributed by atoms with Gasteiger partial charge < -0.3 is 4.74 Å². The first-order chi connectivity index (χ1) is 5.74. The van der Waals surface area contributed by atoms with Crippen molar-refractivity contribution in [3.8, 4) is 0 Å². The summed E-state index contributed by atoms with van der Waals surface area (Å²) in [6.07, 6.45) is 4.92. The third kappa shape index (κ3) is 2.95. The SMILES string of the molecule is COCCC1CC(C)CCC1Cl. The molecule has 1 aliphatic carbocycles. The van der Waals surface area contributed by atoms with Gasteiger partial charge in [0.15, 0.2) is 0 Å². The first kappa shape index (κ1) is 10.3. The van der Waals surface area contributed by atoms with Crippen LogP contribution in [-0.4, -0.2) is 19.1 Å². The van der Waals surface area contributed by atoms with E-state index < -0.39 is 0 Å². The molecule has 1 saturated carbocycles. The average Bonchev–Trinajstić information content (AvgIpc) is 2.07. The minimum Gasteiger partial charge on any atom is -0.385 e. The fourth-order valence-corrected chi connectivity index (χ4v) is 2.38. The lowest BCUT2D eigenvalue weighted by atomic mass is 9.80. The lowest BCUT2D eigenvalue weighted by Gasteiger charge is -2.30. The molecule has 0 aromatic carbocycles. The van der Waals surface area contributed by atoms with Crippen molar-refractivity contribution in [1.29, 1.82) is 0 Å². The Labute approximate surface area is 80.4 Å². The highest BCUT2D eigenvalue weighted by Gasteiger charge is 2.26. The van der Waals surface area contributed by atoms with Crippen molar-refractivity contribution in [3.05, 3.63) is 0 Å². The molecule has 0 heterocycles. The van der Waals surface area contributed by atoms with Crippen LogP contribution >= 0.6 is 11.6 Å². The topological polar surface area (TPSA) is 9.23 Å². The van der Waals surface area contributed by atoms with Crippen LogP contribution in [0.4, 0.5) is 0 Å². The van der Waals surface area contributed by atoms with Gasteiger partial charge in [0.1, 0.15) is 0 Å². The van der Waals surface area contributed by atoms with Gasteiger partial charge in [0, 0.05) is 19.1 Å². The molecule has 0 aromatic rings. The van der Waals surface area contributed by atoms with Gasteiger partial charge in [0.05, 0.1) is 0 Å². The molecule has 3 atom stereocenters. The van der Waals surface area contributed by atoms with Gasteiger partial charge in [-0.2, -0.15) is 0 Å². The van der Waals surface area contributed by atoms with E-state index in [9.17, 15) is 0 Å². The van der Waals surface area contributed by atoms with E-state index in [2.05, 4.69) is 6.92 Å². The monoisotopic (exact) mass is 190 g/mol. The summed E-state index contributed by atoms with van der Waals surface area (Å²) in [5.74, 6) is 1.55. The van der Waals surface area contributed by atoms with Crippen LogP contribution < -0.4 is 0 Å². The maximum absolute atomic E-state index is 6.23. The summed E-state index contributed by atoms with van der Waals surface area (Å²) in [6.45, 7) is 3.18. The van der Waals surface area contributed by atoms with E-state index in [4.69, 9.17) is 16.3 Å². The van der Waals surface area contributed by atoms with E-state index in [1.165, 1.54) is 19.3 Å². The zero-order chi connectivity index (χ0) is 8.97. The van der Waals surface area contributed by atoms with Crippen molar-refractivity contribution in [3.63, 3.8) is 0 Å². The maximum atomic E-state index is 6.23. The molecule has 3 unspecified atom stereocenters. The van der Waals surface area contributed by atoms with Gasteiger partial charge >= 0.3 is 0 Å². The number of methoxy groups -OCH3 is 1. The van der Waals surface area contributed by atoms with Crippen LogP contribution in [0.15, 0.2) is 0 Å². The summed E-state index contributed by atoms with van der Waals surface area (Å²) >= 11 is 6.23. The third-order valence-corrected chi connectivity index (χ3v) is 3.42. The van der Waals surface area contributed by atoms with Crippen molar-refractivity contribution in [2.45, 2.75) is 38.0 Å². The van der Waals surface area contributed by atoms with Crippen LogP contribution in [0, 0.1) is 11.8 Å². The quantitative estimate of drug-likeness (QED) is 0.622. The van der Waals surface area contributed by atoms with Gasteiger partial charge in [-0.15, -0.1) is 11.6 Å². The second-order valence-electron chi connectivity index (χ2n) is 3.98. The smallest absolute Gasteiger partial charge is 0.0465 e. The highest BCUT2D eigenvalue weighted by molar-refractivity contribution is 6.20. The van der Waals surface area contributed by atoms with Crippen LogP contribution in [0.5, 0.6) is 0 Å². The minimum atomic E-state index is 0.399. The molecule has 0 aromatic heterocycles. The lowest BCUT2D eigenvalue weighted by Crippen LogP contribution is -2.25. The summed E-state index contributed by atoms with van der Waals surface area (Å²) in [5, 5.41) is 0.399. The van der Waals surface area contributed by atoms with Crippen LogP contribution in [0.2, 0.25) is 0 Å². The van der Waals surface area contributed by atoms with Crippen LogP contribution in [0.3, 0.4) is 0 Å². The second-order valence-corrected chi connectivity index (χ2v) is 4.54. The Morgan fingerprint density at radius 2 is 2.17 bits per heavy atom.